The predicted molar refractivity (Wildman–Crippen MR) is 93.5 cm³/mol. The highest BCUT2D eigenvalue weighted by Gasteiger charge is 2.13. The fraction of sp³-hybridized carbons (Fsp3) is 0.118. The van der Waals surface area contributed by atoms with Crippen molar-refractivity contribution in [3.63, 3.8) is 0 Å². The molecular formula is C17H11BrClN3O. The maximum absolute atomic E-state index is 12.9. The summed E-state index contributed by atoms with van der Waals surface area (Å²) in [5, 5.41) is 9.53. The minimum absolute atomic E-state index is 0.135. The number of rotatable bonds is 3. The lowest BCUT2D eigenvalue weighted by Gasteiger charge is -2.12. The first-order valence-corrected chi connectivity index (χ1v) is 8.19. The normalized spacial score (nSPS) is 10.7. The van der Waals surface area contributed by atoms with E-state index in [1.807, 2.05) is 18.2 Å². The van der Waals surface area contributed by atoms with Crippen LogP contribution in [0.3, 0.4) is 0 Å². The van der Waals surface area contributed by atoms with E-state index in [1.54, 1.807) is 28.8 Å². The van der Waals surface area contributed by atoms with Crippen LogP contribution in [-0.2, 0) is 12.4 Å². The number of benzene rings is 2. The number of halogens is 2. The quantitative estimate of drug-likeness (QED) is 0.641. The van der Waals surface area contributed by atoms with Gasteiger partial charge >= 0.3 is 0 Å². The summed E-state index contributed by atoms with van der Waals surface area (Å²) in [6.45, 7) is 0.320. The average molecular weight is 389 g/mol. The number of alkyl halides is 1. The molecule has 4 nitrogen and oxygen atoms in total. The van der Waals surface area contributed by atoms with E-state index in [2.05, 4.69) is 27.0 Å². The molecule has 0 bridgehead atoms. The Labute approximate surface area is 146 Å². The van der Waals surface area contributed by atoms with Crippen molar-refractivity contribution in [2.45, 2.75) is 12.4 Å². The molecule has 0 fully saturated rings. The molecule has 0 atom stereocenters. The Bertz CT molecular complexity index is 991. The van der Waals surface area contributed by atoms with Crippen molar-refractivity contribution in [2.75, 3.05) is 0 Å². The first-order chi connectivity index (χ1) is 11.1. The molecule has 0 saturated carbocycles. The van der Waals surface area contributed by atoms with Crippen LogP contribution in [0.4, 0.5) is 0 Å². The van der Waals surface area contributed by atoms with Gasteiger partial charge in [-0.25, -0.2) is 4.98 Å². The average Bonchev–Trinajstić information content (AvgIpc) is 2.57. The van der Waals surface area contributed by atoms with Crippen molar-refractivity contribution >= 4 is 38.4 Å². The fourth-order valence-corrected chi connectivity index (χ4v) is 3.19. The Balaban J connectivity index is 2.20. The summed E-state index contributed by atoms with van der Waals surface area (Å²) in [5.74, 6) is 0.639. The topological polar surface area (TPSA) is 58.7 Å². The molecule has 0 aliphatic rings. The highest BCUT2D eigenvalue weighted by molar-refractivity contribution is 9.10. The molecule has 2 aromatic carbocycles. The molecule has 0 radical (unpaired) electrons. The Morgan fingerprint density at radius 2 is 2.04 bits per heavy atom. The molecule has 0 unspecified atom stereocenters. The van der Waals surface area contributed by atoms with Crippen molar-refractivity contribution in [1.29, 1.82) is 5.26 Å². The van der Waals surface area contributed by atoms with Gasteiger partial charge in [-0.1, -0.05) is 18.2 Å². The van der Waals surface area contributed by atoms with E-state index in [1.165, 1.54) is 0 Å². The number of hydrogen-bond donors (Lipinski definition) is 0. The van der Waals surface area contributed by atoms with Gasteiger partial charge in [0.15, 0.2) is 0 Å². The van der Waals surface area contributed by atoms with E-state index in [-0.39, 0.29) is 11.4 Å². The highest BCUT2D eigenvalue weighted by atomic mass is 79.9. The standard InChI is InChI=1S/C17H11BrClN3O/c18-13-5-2-6-14-16(13)17(23)22(15(8-19)21-14)10-12-4-1-3-11(7-12)9-20/h1-7H,8,10H2. The van der Waals surface area contributed by atoms with Gasteiger partial charge < -0.3 is 0 Å². The summed E-state index contributed by atoms with van der Waals surface area (Å²) in [4.78, 5) is 17.3. The largest absolute Gasteiger partial charge is 0.291 e. The molecule has 1 heterocycles. The monoisotopic (exact) mass is 387 g/mol. The Kier molecular flexibility index (Phi) is 4.46. The van der Waals surface area contributed by atoms with Gasteiger partial charge in [0.1, 0.15) is 5.82 Å². The maximum Gasteiger partial charge on any atom is 0.262 e. The van der Waals surface area contributed by atoms with Gasteiger partial charge in [-0.2, -0.15) is 5.26 Å². The third-order valence-electron chi connectivity index (χ3n) is 3.53. The first kappa shape index (κ1) is 15.7. The van der Waals surface area contributed by atoms with Crippen molar-refractivity contribution in [2.24, 2.45) is 0 Å². The van der Waals surface area contributed by atoms with Crippen molar-refractivity contribution in [3.05, 3.63) is 74.2 Å². The predicted octanol–water partition coefficient (Wildman–Crippen LogP) is 3.82. The maximum atomic E-state index is 12.9. The van der Waals surface area contributed by atoms with Gasteiger partial charge in [-0.15, -0.1) is 11.6 Å². The van der Waals surface area contributed by atoms with E-state index in [0.717, 1.165) is 5.56 Å². The Morgan fingerprint density at radius 1 is 1.26 bits per heavy atom. The molecule has 0 aliphatic heterocycles. The van der Waals surface area contributed by atoms with Crippen molar-refractivity contribution in [3.8, 4) is 6.07 Å². The molecule has 3 aromatic rings. The zero-order valence-corrected chi connectivity index (χ0v) is 14.3. The zero-order chi connectivity index (χ0) is 16.4. The minimum Gasteiger partial charge on any atom is -0.291 e. The summed E-state index contributed by atoms with van der Waals surface area (Å²) in [5.41, 5.74) is 1.87. The van der Waals surface area contributed by atoms with E-state index >= 15 is 0 Å². The SMILES string of the molecule is N#Cc1cccc(Cn2c(CCl)nc3cccc(Br)c3c2=O)c1. The lowest BCUT2D eigenvalue weighted by Crippen LogP contribution is -2.25. The summed E-state index contributed by atoms with van der Waals surface area (Å²) in [6.07, 6.45) is 0. The molecule has 0 spiro atoms. The number of fused-ring (bicyclic) bond motifs is 1. The molecule has 0 aliphatic carbocycles. The highest BCUT2D eigenvalue weighted by Crippen LogP contribution is 2.20. The number of hydrogen-bond acceptors (Lipinski definition) is 3. The summed E-state index contributed by atoms with van der Waals surface area (Å²) >= 11 is 9.39. The van der Waals surface area contributed by atoms with Gasteiger partial charge in [0.25, 0.3) is 5.56 Å². The summed E-state index contributed by atoms with van der Waals surface area (Å²) in [7, 11) is 0. The second-order valence-corrected chi connectivity index (χ2v) is 6.12. The third-order valence-corrected chi connectivity index (χ3v) is 4.43. The van der Waals surface area contributed by atoms with Crippen LogP contribution in [0.1, 0.15) is 17.0 Å². The van der Waals surface area contributed by atoms with Crippen LogP contribution in [0.5, 0.6) is 0 Å². The van der Waals surface area contributed by atoms with Crippen LogP contribution in [0.15, 0.2) is 51.7 Å². The van der Waals surface area contributed by atoms with Crippen LogP contribution in [0, 0.1) is 11.3 Å². The molecule has 3 rings (SSSR count). The van der Waals surface area contributed by atoms with Crippen LogP contribution >= 0.6 is 27.5 Å². The van der Waals surface area contributed by atoms with Gasteiger partial charge in [-0.05, 0) is 45.8 Å². The number of nitriles is 1. The van der Waals surface area contributed by atoms with Gasteiger partial charge in [0.2, 0.25) is 0 Å². The molecule has 0 amide bonds. The van der Waals surface area contributed by atoms with Gasteiger partial charge in [0, 0.05) is 4.47 Å². The van der Waals surface area contributed by atoms with E-state index in [9.17, 15) is 4.79 Å². The molecule has 0 saturated heterocycles. The fourth-order valence-electron chi connectivity index (χ4n) is 2.46. The van der Waals surface area contributed by atoms with Crippen LogP contribution in [0.25, 0.3) is 10.9 Å². The minimum atomic E-state index is -0.152. The van der Waals surface area contributed by atoms with Gasteiger partial charge in [-0.3, -0.25) is 9.36 Å². The molecular weight excluding hydrogens is 378 g/mol. The molecule has 0 N–H and O–H groups in total. The second kappa shape index (κ2) is 6.53. The summed E-state index contributed by atoms with van der Waals surface area (Å²) in [6, 6.07) is 14.7. The molecule has 6 heteroatoms. The van der Waals surface area contributed by atoms with Gasteiger partial charge in [0.05, 0.1) is 35.0 Å². The first-order valence-electron chi connectivity index (χ1n) is 6.87. The third kappa shape index (κ3) is 3.00. The molecule has 1 aromatic heterocycles. The van der Waals surface area contributed by atoms with Crippen LogP contribution in [-0.4, -0.2) is 9.55 Å². The van der Waals surface area contributed by atoms with E-state index < -0.39 is 0 Å². The number of nitrogens with zero attached hydrogens (tertiary/aromatic N) is 3. The lowest BCUT2D eigenvalue weighted by molar-refractivity contribution is 0.706. The van der Waals surface area contributed by atoms with E-state index in [4.69, 9.17) is 16.9 Å². The van der Waals surface area contributed by atoms with Crippen molar-refractivity contribution in [1.82, 2.24) is 9.55 Å². The second-order valence-electron chi connectivity index (χ2n) is 5.00. The summed E-state index contributed by atoms with van der Waals surface area (Å²) < 4.78 is 2.25. The van der Waals surface area contributed by atoms with Crippen LogP contribution < -0.4 is 5.56 Å². The zero-order valence-electron chi connectivity index (χ0n) is 12.0. The molecule has 23 heavy (non-hydrogen) atoms. The van der Waals surface area contributed by atoms with Crippen LogP contribution in [0.2, 0.25) is 0 Å². The van der Waals surface area contributed by atoms with E-state index in [0.29, 0.717) is 33.3 Å². The molecule has 114 valence electrons. The number of aromatic nitrogens is 2. The lowest BCUT2D eigenvalue weighted by atomic mass is 10.1. The Morgan fingerprint density at radius 3 is 2.78 bits per heavy atom. The smallest absolute Gasteiger partial charge is 0.262 e. The Hall–Kier alpha value is -2.16. The van der Waals surface area contributed by atoms with Crippen molar-refractivity contribution < 1.29 is 0 Å².